The third-order valence-electron chi connectivity index (χ3n) is 3.38. The number of carbonyl (C=O) groups is 1. The topological polar surface area (TPSA) is 29.5 Å². The highest BCUT2D eigenvalue weighted by atomic mass is 35.5. The Balaban J connectivity index is 1.87. The third kappa shape index (κ3) is 1.63. The fourth-order valence-corrected chi connectivity index (χ4v) is 2.83. The van der Waals surface area contributed by atoms with E-state index in [9.17, 15) is 4.79 Å². The van der Waals surface area contributed by atoms with Gasteiger partial charge in [-0.2, -0.15) is 0 Å². The lowest BCUT2D eigenvalue weighted by Crippen LogP contribution is -2.60. The second-order valence-electron chi connectivity index (χ2n) is 4.19. The van der Waals surface area contributed by atoms with Gasteiger partial charge in [-0.3, -0.25) is 4.79 Å². The van der Waals surface area contributed by atoms with E-state index in [4.69, 9.17) is 16.3 Å². The van der Waals surface area contributed by atoms with Crippen molar-refractivity contribution in [3.63, 3.8) is 0 Å². The molecule has 3 rings (SSSR count). The summed E-state index contributed by atoms with van der Waals surface area (Å²) < 4.78 is 5.38. The minimum atomic E-state index is 0.198. The molecule has 3 aliphatic rings. The van der Waals surface area contributed by atoms with Gasteiger partial charge in [0.1, 0.15) is 0 Å². The monoisotopic (exact) mass is 217 g/mol. The van der Waals surface area contributed by atoms with Crippen molar-refractivity contribution in [3.8, 4) is 0 Å². The van der Waals surface area contributed by atoms with Crippen LogP contribution in [0.1, 0.15) is 12.8 Å². The molecule has 4 heteroatoms. The van der Waals surface area contributed by atoms with Crippen molar-refractivity contribution in [1.82, 2.24) is 4.90 Å². The highest BCUT2D eigenvalue weighted by Gasteiger charge is 2.47. The van der Waals surface area contributed by atoms with Gasteiger partial charge in [-0.25, -0.2) is 0 Å². The lowest BCUT2D eigenvalue weighted by atomic mass is 9.68. The van der Waals surface area contributed by atoms with Gasteiger partial charge in [0, 0.05) is 44.3 Å². The van der Waals surface area contributed by atoms with E-state index >= 15 is 0 Å². The number of amides is 1. The van der Waals surface area contributed by atoms with E-state index < -0.39 is 0 Å². The molecule has 0 N–H and O–H groups in total. The van der Waals surface area contributed by atoms with Crippen molar-refractivity contribution in [1.29, 1.82) is 0 Å². The first-order valence-electron chi connectivity index (χ1n) is 5.12. The lowest BCUT2D eigenvalue weighted by molar-refractivity contribution is -0.155. The maximum atomic E-state index is 11.6. The third-order valence-corrected chi connectivity index (χ3v) is 3.57. The zero-order valence-corrected chi connectivity index (χ0v) is 9.17. The van der Waals surface area contributed by atoms with Crippen LogP contribution >= 0.6 is 11.6 Å². The van der Waals surface area contributed by atoms with E-state index in [1.807, 2.05) is 4.90 Å². The Hall–Kier alpha value is -0.280. The van der Waals surface area contributed by atoms with Gasteiger partial charge in [0.05, 0.1) is 6.10 Å². The van der Waals surface area contributed by atoms with E-state index in [-0.39, 0.29) is 5.91 Å². The van der Waals surface area contributed by atoms with Gasteiger partial charge in [0.25, 0.3) is 0 Å². The van der Waals surface area contributed by atoms with Crippen LogP contribution in [0.15, 0.2) is 0 Å². The van der Waals surface area contributed by atoms with Crippen LogP contribution in [0.2, 0.25) is 0 Å². The number of fused-ring (bicyclic) bond motifs is 2. The van der Waals surface area contributed by atoms with Crippen LogP contribution in [0.25, 0.3) is 0 Å². The van der Waals surface area contributed by atoms with E-state index in [1.165, 1.54) is 6.42 Å². The summed E-state index contributed by atoms with van der Waals surface area (Å²) in [5.74, 6) is 1.76. The van der Waals surface area contributed by atoms with Gasteiger partial charge in [0.15, 0.2) is 0 Å². The van der Waals surface area contributed by atoms with E-state index in [0.717, 1.165) is 13.1 Å². The molecular formula is C10H16ClNO2. The van der Waals surface area contributed by atoms with Crippen molar-refractivity contribution in [3.05, 3.63) is 0 Å². The summed E-state index contributed by atoms with van der Waals surface area (Å²) in [7, 11) is 1.76. The highest BCUT2D eigenvalue weighted by Crippen LogP contribution is 2.41. The normalized spacial score (nSPS) is 35.3. The summed E-state index contributed by atoms with van der Waals surface area (Å²) >= 11 is 5.55. The molecule has 0 aromatic heterocycles. The molecule has 1 saturated carbocycles. The number of alkyl halides is 1. The lowest BCUT2D eigenvalue weighted by Gasteiger charge is -2.52. The summed E-state index contributed by atoms with van der Waals surface area (Å²) in [6.45, 7) is 1.73. The standard InChI is InChI=1S/C10H16ClNO2/c1-14-10-7-4-8(10)6-12(5-7)9(13)2-3-11/h7-8,10H,2-6H2,1H3/t7-,8-/m0/s1. The van der Waals surface area contributed by atoms with Crippen LogP contribution in [0.3, 0.4) is 0 Å². The molecule has 0 radical (unpaired) electrons. The largest absolute Gasteiger partial charge is 0.381 e. The summed E-state index contributed by atoms with van der Waals surface area (Å²) in [6.07, 6.45) is 2.09. The molecule has 14 heavy (non-hydrogen) atoms. The molecular weight excluding hydrogens is 202 g/mol. The maximum absolute atomic E-state index is 11.6. The number of hydrogen-bond donors (Lipinski definition) is 0. The molecule has 2 saturated heterocycles. The molecule has 2 atom stereocenters. The number of methoxy groups -OCH3 is 1. The molecule has 1 aliphatic carbocycles. The molecule has 3 nitrogen and oxygen atoms in total. The van der Waals surface area contributed by atoms with Gasteiger partial charge in [-0.1, -0.05) is 0 Å². The van der Waals surface area contributed by atoms with Gasteiger partial charge >= 0.3 is 0 Å². The van der Waals surface area contributed by atoms with Crippen molar-refractivity contribution in [2.45, 2.75) is 18.9 Å². The number of halogens is 1. The Morgan fingerprint density at radius 1 is 1.50 bits per heavy atom. The average molecular weight is 218 g/mol. The Morgan fingerprint density at radius 2 is 2.14 bits per heavy atom. The van der Waals surface area contributed by atoms with Crippen molar-refractivity contribution >= 4 is 17.5 Å². The molecule has 2 bridgehead atoms. The minimum absolute atomic E-state index is 0.198. The number of nitrogens with zero attached hydrogens (tertiary/aromatic N) is 1. The van der Waals surface area contributed by atoms with Gasteiger partial charge < -0.3 is 9.64 Å². The number of ether oxygens (including phenoxy) is 1. The van der Waals surface area contributed by atoms with Gasteiger partial charge in [-0.15, -0.1) is 11.6 Å². The number of hydrogen-bond acceptors (Lipinski definition) is 2. The predicted octanol–water partition coefficient (Wildman–Crippen LogP) is 1.11. The molecule has 80 valence electrons. The fraction of sp³-hybridized carbons (Fsp3) is 0.900. The van der Waals surface area contributed by atoms with Crippen molar-refractivity contribution in [2.75, 3.05) is 26.1 Å². The fourth-order valence-electron chi connectivity index (χ4n) is 2.67. The molecule has 0 aromatic rings. The Morgan fingerprint density at radius 3 is 2.64 bits per heavy atom. The summed E-state index contributed by atoms with van der Waals surface area (Å²) in [6, 6.07) is 0. The Bertz CT molecular complexity index is 222. The smallest absolute Gasteiger partial charge is 0.223 e. The quantitative estimate of drug-likeness (QED) is 0.663. The first-order chi connectivity index (χ1) is 6.76. The molecule has 2 heterocycles. The summed E-state index contributed by atoms with van der Waals surface area (Å²) in [5.41, 5.74) is 0. The van der Waals surface area contributed by atoms with Gasteiger partial charge in [-0.05, 0) is 6.42 Å². The SMILES string of the molecule is COC1[C@H]2C[C@H]1CN(C(=O)CCCl)C2. The predicted molar refractivity (Wildman–Crippen MR) is 54.3 cm³/mol. The minimum Gasteiger partial charge on any atom is -0.381 e. The molecule has 1 amide bonds. The van der Waals surface area contributed by atoms with Crippen LogP contribution in [-0.2, 0) is 9.53 Å². The van der Waals surface area contributed by atoms with E-state index in [1.54, 1.807) is 7.11 Å². The van der Waals surface area contributed by atoms with Crippen molar-refractivity contribution in [2.24, 2.45) is 11.8 Å². The average Bonchev–Trinajstić information content (AvgIpc) is 2.19. The number of piperidine rings is 2. The van der Waals surface area contributed by atoms with Crippen LogP contribution in [0, 0.1) is 11.8 Å². The zero-order chi connectivity index (χ0) is 10.1. The van der Waals surface area contributed by atoms with Crippen LogP contribution in [0.4, 0.5) is 0 Å². The maximum Gasteiger partial charge on any atom is 0.223 e. The molecule has 2 aliphatic heterocycles. The molecule has 3 fully saturated rings. The van der Waals surface area contributed by atoms with Crippen LogP contribution in [0.5, 0.6) is 0 Å². The molecule has 0 aromatic carbocycles. The molecule has 0 unspecified atom stereocenters. The first kappa shape index (κ1) is 10.2. The van der Waals surface area contributed by atoms with Gasteiger partial charge in [0.2, 0.25) is 5.91 Å². The second-order valence-corrected chi connectivity index (χ2v) is 4.57. The van der Waals surface area contributed by atoms with Crippen molar-refractivity contribution < 1.29 is 9.53 Å². The van der Waals surface area contributed by atoms with Crippen LogP contribution < -0.4 is 0 Å². The number of rotatable bonds is 3. The zero-order valence-electron chi connectivity index (χ0n) is 8.41. The Kier molecular flexibility index (Phi) is 2.98. The first-order valence-corrected chi connectivity index (χ1v) is 5.66. The van der Waals surface area contributed by atoms with E-state index in [2.05, 4.69) is 0 Å². The highest BCUT2D eigenvalue weighted by molar-refractivity contribution is 6.18. The Labute approximate surface area is 89.4 Å². The second kappa shape index (κ2) is 4.07. The summed E-state index contributed by atoms with van der Waals surface area (Å²) in [4.78, 5) is 13.5. The molecule has 0 spiro atoms. The summed E-state index contributed by atoms with van der Waals surface area (Å²) in [5, 5.41) is 0. The van der Waals surface area contributed by atoms with E-state index in [0.29, 0.717) is 30.2 Å². The van der Waals surface area contributed by atoms with Crippen LogP contribution in [-0.4, -0.2) is 43.0 Å². The number of carbonyl (C=O) groups excluding carboxylic acids is 1.